The second kappa shape index (κ2) is 8.33. The fraction of sp³-hybridized carbons (Fsp3) is 0.333. The van der Waals surface area contributed by atoms with Gasteiger partial charge in [0.25, 0.3) is 0 Å². The molecule has 0 aliphatic carbocycles. The number of halogens is 6. The summed E-state index contributed by atoms with van der Waals surface area (Å²) in [6.45, 7) is -1.45. The van der Waals surface area contributed by atoms with Crippen molar-refractivity contribution < 1.29 is 35.8 Å². The number of hydrogen-bond acceptors (Lipinski definition) is 2. The van der Waals surface area contributed by atoms with Crippen molar-refractivity contribution in [3.63, 3.8) is 0 Å². The molecular formula is C18H16F6O2. The first kappa shape index (κ1) is 19.9. The molecule has 0 spiro atoms. The Kier molecular flexibility index (Phi) is 6.39. The highest BCUT2D eigenvalue weighted by molar-refractivity contribution is 5.36. The monoisotopic (exact) mass is 378 g/mol. The van der Waals surface area contributed by atoms with Gasteiger partial charge in [-0.2, -0.15) is 17.6 Å². The third-order valence-corrected chi connectivity index (χ3v) is 3.53. The molecule has 0 bridgehead atoms. The molecule has 0 aromatic heterocycles. The summed E-state index contributed by atoms with van der Waals surface area (Å²) in [6.07, 6.45) is -1.25. The van der Waals surface area contributed by atoms with E-state index in [0.717, 1.165) is 37.0 Å². The zero-order valence-electron chi connectivity index (χ0n) is 13.7. The van der Waals surface area contributed by atoms with Crippen LogP contribution in [0.3, 0.4) is 0 Å². The van der Waals surface area contributed by atoms with E-state index in [1.165, 1.54) is 12.1 Å². The van der Waals surface area contributed by atoms with Crippen LogP contribution >= 0.6 is 0 Å². The standard InChI is InChI=1S/C18H16F6O2/c1-2-3-4-11-5-7-12(8-6-11)18(23,24)26-13-9-14(19)16(15(20)10-13)25-17(21)22/h5-10,17H,2-4H2,1H3. The van der Waals surface area contributed by atoms with Crippen LogP contribution in [0.5, 0.6) is 11.5 Å². The van der Waals surface area contributed by atoms with Crippen LogP contribution in [-0.2, 0) is 12.5 Å². The Morgan fingerprint density at radius 3 is 2.08 bits per heavy atom. The van der Waals surface area contributed by atoms with Gasteiger partial charge in [0, 0.05) is 12.1 Å². The second-order valence-corrected chi connectivity index (χ2v) is 5.51. The van der Waals surface area contributed by atoms with Crippen molar-refractivity contribution in [2.45, 2.75) is 38.9 Å². The van der Waals surface area contributed by atoms with Gasteiger partial charge in [-0.3, -0.25) is 0 Å². The third-order valence-electron chi connectivity index (χ3n) is 3.53. The molecule has 0 heterocycles. The van der Waals surface area contributed by atoms with Crippen molar-refractivity contribution in [2.24, 2.45) is 0 Å². The van der Waals surface area contributed by atoms with Crippen LogP contribution in [0.25, 0.3) is 0 Å². The summed E-state index contributed by atoms with van der Waals surface area (Å²) < 4.78 is 87.7. The Morgan fingerprint density at radius 2 is 1.58 bits per heavy atom. The van der Waals surface area contributed by atoms with Crippen molar-refractivity contribution in [3.8, 4) is 11.5 Å². The molecule has 0 aliphatic heterocycles. The first-order valence-electron chi connectivity index (χ1n) is 7.83. The van der Waals surface area contributed by atoms with E-state index in [-0.39, 0.29) is 0 Å². The molecular weight excluding hydrogens is 362 g/mol. The van der Waals surface area contributed by atoms with Gasteiger partial charge in [-0.15, -0.1) is 0 Å². The van der Waals surface area contributed by atoms with Gasteiger partial charge in [-0.25, -0.2) is 8.78 Å². The van der Waals surface area contributed by atoms with E-state index in [4.69, 9.17) is 0 Å². The molecule has 0 unspecified atom stereocenters. The minimum Gasteiger partial charge on any atom is -0.429 e. The summed E-state index contributed by atoms with van der Waals surface area (Å²) in [5.41, 5.74) is 0.364. The molecule has 0 amide bonds. The molecule has 2 aromatic rings. The molecule has 0 radical (unpaired) electrons. The van der Waals surface area contributed by atoms with Gasteiger partial charge in [-0.1, -0.05) is 25.5 Å². The van der Waals surface area contributed by atoms with E-state index in [1.807, 2.05) is 6.92 Å². The second-order valence-electron chi connectivity index (χ2n) is 5.51. The lowest BCUT2D eigenvalue weighted by Gasteiger charge is -2.19. The van der Waals surface area contributed by atoms with Crippen molar-refractivity contribution in [1.29, 1.82) is 0 Å². The quantitative estimate of drug-likeness (QED) is 0.522. The summed E-state index contributed by atoms with van der Waals surface area (Å²) in [6, 6.07) is 6.05. The van der Waals surface area contributed by atoms with Crippen LogP contribution in [0.2, 0.25) is 0 Å². The Balaban J connectivity index is 2.18. The molecule has 0 saturated carbocycles. The summed E-state index contributed by atoms with van der Waals surface area (Å²) in [5, 5.41) is 0. The van der Waals surface area contributed by atoms with Gasteiger partial charge in [-0.05, 0) is 30.5 Å². The fourth-order valence-corrected chi connectivity index (χ4v) is 2.25. The Morgan fingerprint density at radius 1 is 1.00 bits per heavy atom. The van der Waals surface area contributed by atoms with Crippen LogP contribution in [0, 0.1) is 11.6 Å². The molecule has 8 heteroatoms. The first-order valence-corrected chi connectivity index (χ1v) is 7.83. The zero-order valence-corrected chi connectivity index (χ0v) is 13.7. The molecule has 0 saturated heterocycles. The molecule has 142 valence electrons. The number of hydrogen-bond donors (Lipinski definition) is 0. The molecule has 0 fully saturated rings. The van der Waals surface area contributed by atoms with E-state index >= 15 is 0 Å². The topological polar surface area (TPSA) is 18.5 Å². The highest BCUT2D eigenvalue weighted by Gasteiger charge is 2.35. The zero-order chi connectivity index (χ0) is 19.3. The van der Waals surface area contributed by atoms with Crippen LogP contribution in [-0.4, -0.2) is 6.61 Å². The average Bonchev–Trinajstić information content (AvgIpc) is 2.56. The molecule has 0 aliphatic rings. The van der Waals surface area contributed by atoms with Crippen molar-refractivity contribution in [3.05, 3.63) is 59.2 Å². The van der Waals surface area contributed by atoms with Crippen molar-refractivity contribution in [1.82, 2.24) is 0 Å². The first-order chi connectivity index (χ1) is 12.2. The van der Waals surface area contributed by atoms with Crippen molar-refractivity contribution >= 4 is 0 Å². The lowest BCUT2D eigenvalue weighted by atomic mass is 10.1. The fourth-order valence-electron chi connectivity index (χ4n) is 2.25. The Bertz CT molecular complexity index is 708. The van der Waals surface area contributed by atoms with Crippen LogP contribution in [0.15, 0.2) is 36.4 Å². The van der Waals surface area contributed by atoms with Gasteiger partial charge in [0.2, 0.25) is 0 Å². The normalized spacial score (nSPS) is 11.7. The van der Waals surface area contributed by atoms with Gasteiger partial charge in [0.15, 0.2) is 17.4 Å². The maximum Gasteiger partial charge on any atom is 0.426 e. The molecule has 0 atom stereocenters. The predicted octanol–water partition coefficient (Wildman–Crippen LogP) is 6.04. The van der Waals surface area contributed by atoms with E-state index in [2.05, 4.69) is 9.47 Å². The number of rotatable bonds is 8. The number of ether oxygens (including phenoxy) is 2. The molecule has 26 heavy (non-hydrogen) atoms. The largest absolute Gasteiger partial charge is 0.429 e. The van der Waals surface area contributed by atoms with Gasteiger partial charge >= 0.3 is 12.7 Å². The van der Waals surface area contributed by atoms with Crippen LogP contribution < -0.4 is 9.47 Å². The molecule has 0 N–H and O–H groups in total. The lowest BCUT2D eigenvalue weighted by molar-refractivity contribution is -0.185. The number of aryl methyl sites for hydroxylation is 1. The van der Waals surface area contributed by atoms with E-state index < -0.39 is 41.4 Å². The molecule has 2 rings (SSSR count). The maximum absolute atomic E-state index is 14.2. The van der Waals surface area contributed by atoms with Gasteiger partial charge in [0.05, 0.1) is 5.56 Å². The van der Waals surface area contributed by atoms with E-state index in [9.17, 15) is 26.3 Å². The van der Waals surface area contributed by atoms with Crippen molar-refractivity contribution in [2.75, 3.05) is 0 Å². The smallest absolute Gasteiger partial charge is 0.426 e. The maximum atomic E-state index is 14.2. The summed E-state index contributed by atoms with van der Waals surface area (Å²) in [5.74, 6) is -5.38. The minimum absolute atomic E-state index is 0.352. The molecule has 2 nitrogen and oxygen atoms in total. The van der Waals surface area contributed by atoms with Gasteiger partial charge < -0.3 is 9.47 Å². The summed E-state index contributed by atoms with van der Waals surface area (Å²) in [7, 11) is 0. The molecule has 2 aromatic carbocycles. The summed E-state index contributed by atoms with van der Waals surface area (Å²) >= 11 is 0. The minimum atomic E-state index is -3.87. The number of benzene rings is 2. The predicted molar refractivity (Wildman–Crippen MR) is 82.6 cm³/mol. The van der Waals surface area contributed by atoms with E-state index in [1.54, 1.807) is 0 Å². The van der Waals surface area contributed by atoms with Crippen LogP contribution in [0.4, 0.5) is 26.3 Å². The third kappa shape index (κ3) is 5.06. The SMILES string of the molecule is CCCCc1ccc(C(F)(F)Oc2cc(F)c(OC(F)F)c(F)c2)cc1. The van der Waals surface area contributed by atoms with Crippen LogP contribution in [0.1, 0.15) is 30.9 Å². The average molecular weight is 378 g/mol. The Labute approximate surface area is 146 Å². The highest BCUT2D eigenvalue weighted by Crippen LogP contribution is 2.35. The number of alkyl halides is 4. The highest BCUT2D eigenvalue weighted by atomic mass is 19.3. The van der Waals surface area contributed by atoms with Gasteiger partial charge in [0.1, 0.15) is 5.75 Å². The Hall–Kier alpha value is -2.38. The lowest BCUT2D eigenvalue weighted by Crippen LogP contribution is -2.22. The van der Waals surface area contributed by atoms with E-state index in [0.29, 0.717) is 12.1 Å². The number of unbranched alkanes of at least 4 members (excludes halogenated alkanes) is 1. The summed E-state index contributed by atoms with van der Waals surface area (Å²) in [4.78, 5) is 0.